The molecule has 2 saturated heterocycles. The first-order chi connectivity index (χ1) is 17.8. The van der Waals surface area contributed by atoms with Gasteiger partial charge in [0.25, 0.3) is 0 Å². The molecule has 1 aromatic carbocycles. The van der Waals surface area contributed by atoms with Gasteiger partial charge in [-0.15, -0.1) is 0 Å². The lowest BCUT2D eigenvalue weighted by atomic mass is 9.43. The quantitative estimate of drug-likeness (QED) is 0.392. The summed E-state index contributed by atoms with van der Waals surface area (Å²) < 4.78 is 15.4. The van der Waals surface area contributed by atoms with Crippen molar-refractivity contribution < 1.29 is 23.8 Å². The molecule has 10 heteroatoms. The third-order valence-corrected chi connectivity index (χ3v) is 10.2. The summed E-state index contributed by atoms with van der Waals surface area (Å²) in [6.07, 6.45) is 3.76. The second kappa shape index (κ2) is 8.71. The summed E-state index contributed by atoms with van der Waals surface area (Å²) in [6.45, 7) is 6.73. The SMILES string of the molecule is COc1ccc2c(c1)[C@]13CCN(C(=O)OC(C)(C)C)[C@H](C2)[C@]12CC[C@@H]1[C@H]3[C@@H](CN1C(=O)OCC(Cl)(Cl)Cl)C2. The van der Waals surface area contributed by atoms with Gasteiger partial charge in [-0.3, -0.25) is 0 Å². The third-order valence-electron chi connectivity index (χ3n) is 9.92. The van der Waals surface area contributed by atoms with Crippen LogP contribution in [0.2, 0.25) is 0 Å². The number of carbonyl (C=O) groups excluding carboxylic acids is 2. The molecule has 4 fully saturated rings. The molecule has 0 aromatic heterocycles. The van der Waals surface area contributed by atoms with Crippen molar-refractivity contribution in [3.8, 4) is 5.75 Å². The van der Waals surface area contributed by atoms with Crippen LogP contribution in [0.4, 0.5) is 9.59 Å². The third kappa shape index (κ3) is 3.81. The minimum absolute atomic E-state index is 0.0457. The van der Waals surface area contributed by atoms with Crippen molar-refractivity contribution in [1.82, 2.24) is 9.80 Å². The highest BCUT2D eigenvalue weighted by Gasteiger charge is 2.77. The second-order valence-electron chi connectivity index (χ2n) is 12.7. The van der Waals surface area contributed by atoms with Gasteiger partial charge >= 0.3 is 12.2 Å². The minimum atomic E-state index is -1.65. The Morgan fingerprint density at radius 3 is 2.55 bits per heavy atom. The number of hydrogen-bond donors (Lipinski definition) is 0. The molecule has 2 heterocycles. The average Bonchev–Trinajstić information content (AvgIpc) is 3.27. The highest BCUT2D eigenvalue weighted by Crippen LogP contribution is 2.75. The van der Waals surface area contributed by atoms with Crippen LogP contribution in [0.15, 0.2) is 18.2 Å². The first kappa shape index (κ1) is 26.6. The van der Waals surface area contributed by atoms with Crippen molar-refractivity contribution in [2.45, 2.75) is 79.8 Å². The first-order valence-corrected chi connectivity index (χ1v) is 14.6. The van der Waals surface area contributed by atoms with Crippen LogP contribution in [0.5, 0.6) is 5.75 Å². The van der Waals surface area contributed by atoms with Crippen LogP contribution in [-0.2, 0) is 21.3 Å². The summed E-state index contributed by atoms with van der Waals surface area (Å²) >= 11 is 17.6. The van der Waals surface area contributed by atoms with Gasteiger partial charge in [-0.05, 0) is 88.0 Å². The Balaban J connectivity index is 1.41. The largest absolute Gasteiger partial charge is 0.497 e. The monoisotopic (exact) mass is 584 g/mol. The van der Waals surface area contributed by atoms with Crippen molar-refractivity contribution >= 4 is 47.0 Å². The highest BCUT2D eigenvalue weighted by molar-refractivity contribution is 6.67. The van der Waals surface area contributed by atoms with E-state index in [0.29, 0.717) is 19.0 Å². The number of hydrogen-bond acceptors (Lipinski definition) is 5. The zero-order valence-electron chi connectivity index (χ0n) is 22.3. The molecule has 5 aliphatic rings. The van der Waals surface area contributed by atoms with E-state index < -0.39 is 15.5 Å². The molecular weight excluding hydrogens is 551 g/mol. The van der Waals surface area contributed by atoms with E-state index in [9.17, 15) is 9.59 Å². The molecule has 0 spiro atoms. The van der Waals surface area contributed by atoms with Gasteiger partial charge in [-0.25, -0.2) is 9.59 Å². The van der Waals surface area contributed by atoms with E-state index in [1.165, 1.54) is 11.1 Å². The molecule has 2 aliphatic heterocycles. The van der Waals surface area contributed by atoms with Crippen LogP contribution in [0.1, 0.15) is 57.6 Å². The number of piperidine rings is 1. The number of methoxy groups -OCH3 is 1. The Kier molecular flexibility index (Phi) is 6.11. The number of ether oxygens (including phenoxy) is 3. The number of nitrogens with zero attached hydrogens (tertiary/aromatic N) is 2. The summed E-state index contributed by atoms with van der Waals surface area (Å²) in [6, 6.07) is 6.50. The molecule has 6 atom stereocenters. The van der Waals surface area contributed by atoms with Crippen molar-refractivity contribution in [2.24, 2.45) is 17.3 Å². The lowest BCUT2D eigenvalue weighted by molar-refractivity contribution is -0.101. The van der Waals surface area contributed by atoms with Crippen molar-refractivity contribution in [3.05, 3.63) is 29.3 Å². The average molecular weight is 586 g/mol. The standard InChI is InChI=1S/C28H35Cl3N2O5/c1-25(2,3)38-24(35)32-10-9-27-19-12-18(36-4)6-5-16(19)11-21(32)26(27)8-7-20-22(27)17(13-26)14-33(20)23(34)37-15-28(29,30)31/h5-6,12,17,20-22H,7-11,13-15H2,1-4H3/t17-,20-,21-,22-,26-,27+/m1/s1. The van der Waals surface area contributed by atoms with Gasteiger partial charge in [-0.2, -0.15) is 0 Å². The Morgan fingerprint density at radius 1 is 1.11 bits per heavy atom. The number of fused-ring (bicyclic) bond motifs is 1. The van der Waals surface area contributed by atoms with Gasteiger partial charge in [0, 0.05) is 36.0 Å². The molecule has 2 saturated carbocycles. The van der Waals surface area contributed by atoms with E-state index in [4.69, 9.17) is 49.0 Å². The van der Waals surface area contributed by atoms with Crippen LogP contribution < -0.4 is 4.74 Å². The zero-order valence-corrected chi connectivity index (χ0v) is 24.5. The van der Waals surface area contributed by atoms with Gasteiger partial charge in [0.15, 0.2) is 0 Å². The van der Waals surface area contributed by atoms with Crippen LogP contribution in [0.3, 0.4) is 0 Å². The molecule has 0 N–H and O–H groups in total. The lowest BCUT2D eigenvalue weighted by Gasteiger charge is -2.66. The fraction of sp³-hybridized carbons (Fsp3) is 0.714. The molecule has 0 unspecified atom stereocenters. The van der Waals surface area contributed by atoms with Gasteiger partial charge in [-0.1, -0.05) is 40.9 Å². The predicted molar refractivity (Wildman–Crippen MR) is 145 cm³/mol. The summed E-state index contributed by atoms with van der Waals surface area (Å²) in [5, 5.41) is 0. The van der Waals surface area contributed by atoms with Gasteiger partial charge in [0.2, 0.25) is 3.79 Å². The van der Waals surface area contributed by atoms with Gasteiger partial charge < -0.3 is 24.0 Å². The van der Waals surface area contributed by atoms with E-state index in [0.717, 1.165) is 37.9 Å². The number of benzene rings is 1. The first-order valence-electron chi connectivity index (χ1n) is 13.5. The van der Waals surface area contributed by atoms with Crippen LogP contribution in [0, 0.1) is 17.3 Å². The van der Waals surface area contributed by atoms with Crippen LogP contribution in [-0.4, -0.2) is 70.3 Å². The van der Waals surface area contributed by atoms with E-state index in [1.807, 2.05) is 36.6 Å². The Labute approximate surface area is 239 Å². The van der Waals surface area contributed by atoms with E-state index in [1.54, 1.807) is 7.11 Å². The molecule has 6 rings (SSSR count). The van der Waals surface area contributed by atoms with E-state index >= 15 is 0 Å². The highest BCUT2D eigenvalue weighted by atomic mass is 35.6. The molecule has 1 aromatic rings. The number of carbonyl (C=O) groups is 2. The van der Waals surface area contributed by atoms with Crippen molar-refractivity contribution in [2.75, 3.05) is 26.8 Å². The number of rotatable bonds is 2. The minimum Gasteiger partial charge on any atom is -0.497 e. The molecule has 4 bridgehead atoms. The molecule has 0 radical (unpaired) electrons. The lowest BCUT2D eigenvalue weighted by Crippen LogP contribution is -2.70. The van der Waals surface area contributed by atoms with Gasteiger partial charge in [0.1, 0.15) is 18.0 Å². The molecule has 7 nitrogen and oxygen atoms in total. The smallest absolute Gasteiger partial charge is 0.410 e. The maximum absolute atomic E-state index is 13.5. The Hall–Kier alpha value is -1.57. The topological polar surface area (TPSA) is 68.3 Å². The molecule has 38 heavy (non-hydrogen) atoms. The number of alkyl halides is 3. The Morgan fingerprint density at radius 2 is 1.87 bits per heavy atom. The zero-order chi connectivity index (χ0) is 27.3. The predicted octanol–water partition coefficient (Wildman–Crippen LogP) is 6.11. The van der Waals surface area contributed by atoms with E-state index in [2.05, 4.69) is 12.1 Å². The summed E-state index contributed by atoms with van der Waals surface area (Å²) in [5.74, 6) is 1.42. The maximum atomic E-state index is 13.5. The maximum Gasteiger partial charge on any atom is 0.410 e. The Bertz CT molecular complexity index is 1170. The van der Waals surface area contributed by atoms with Crippen molar-refractivity contribution in [1.29, 1.82) is 0 Å². The summed E-state index contributed by atoms with van der Waals surface area (Å²) in [5.41, 5.74) is 1.82. The molecular formula is C28H35Cl3N2O5. The number of amides is 2. The van der Waals surface area contributed by atoms with Crippen LogP contribution >= 0.6 is 34.8 Å². The molecule has 208 valence electrons. The fourth-order valence-electron chi connectivity index (χ4n) is 9.09. The summed E-state index contributed by atoms with van der Waals surface area (Å²) in [7, 11) is 1.70. The number of likely N-dealkylation sites (tertiary alicyclic amines) is 2. The fourth-order valence-corrected chi connectivity index (χ4v) is 9.26. The van der Waals surface area contributed by atoms with E-state index in [-0.39, 0.29) is 41.5 Å². The summed E-state index contributed by atoms with van der Waals surface area (Å²) in [4.78, 5) is 30.6. The van der Waals surface area contributed by atoms with Gasteiger partial charge in [0.05, 0.1) is 7.11 Å². The number of halogens is 3. The van der Waals surface area contributed by atoms with Crippen LogP contribution in [0.25, 0.3) is 0 Å². The van der Waals surface area contributed by atoms with Crippen molar-refractivity contribution in [3.63, 3.8) is 0 Å². The second-order valence-corrected chi connectivity index (χ2v) is 15.2. The normalized spacial score (nSPS) is 34.9. The molecule has 3 aliphatic carbocycles. The molecule has 2 amide bonds.